The zero-order chi connectivity index (χ0) is 24.9. The molecule has 1 fully saturated rings. The lowest BCUT2D eigenvalue weighted by atomic mass is 10.1. The first-order valence-electron chi connectivity index (χ1n) is 10.3. The first kappa shape index (κ1) is 24.0. The third-order valence-corrected chi connectivity index (χ3v) is 5.36. The van der Waals surface area contributed by atoms with Crippen LogP contribution in [0.5, 0.6) is 5.75 Å². The summed E-state index contributed by atoms with van der Waals surface area (Å²) in [6.45, 7) is -0.323. The molecule has 3 aromatic carbocycles. The molecule has 0 aliphatic carbocycles. The molecule has 0 bridgehead atoms. The number of amides is 5. The van der Waals surface area contributed by atoms with E-state index in [9.17, 15) is 19.2 Å². The van der Waals surface area contributed by atoms with Gasteiger partial charge in [-0.1, -0.05) is 47.5 Å². The lowest BCUT2D eigenvalue weighted by Crippen LogP contribution is -2.54. The molecule has 0 radical (unpaired) electrons. The number of ether oxygens (including phenoxy) is 1. The summed E-state index contributed by atoms with van der Waals surface area (Å²) in [6.07, 6.45) is 1.30. The number of urea groups is 1. The number of imide groups is 2. The largest absolute Gasteiger partial charge is 0.483 e. The zero-order valence-electron chi connectivity index (χ0n) is 18.0. The maximum atomic E-state index is 13.1. The second-order valence-corrected chi connectivity index (χ2v) is 8.19. The Bertz CT molecular complexity index is 1360. The molecule has 3 aromatic rings. The van der Waals surface area contributed by atoms with Crippen molar-refractivity contribution in [1.82, 2.24) is 5.32 Å². The maximum Gasteiger partial charge on any atom is 0.335 e. The fraction of sp³-hybridized carbons (Fsp3) is 0.0400. The van der Waals surface area contributed by atoms with Crippen LogP contribution in [0, 0.1) is 0 Å². The Balaban J connectivity index is 1.54. The normalized spacial score (nSPS) is 14.6. The molecule has 1 aliphatic heterocycles. The van der Waals surface area contributed by atoms with Crippen LogP contribution in [-0.2, 0) is 14.4 Å². The van der Waals surface area contributed by atoms with E-state index in [1.54, 1.807) is 60.7 Å². The fourth-order valence-electron chi connectivity index (χ4n) is 3.27. The summed E-state index contributed by atoms with van der Waals surface area (Å²) in [5, 5.41) is 5.69. The van der Waals surface area contributed by atoms with Crippen LogP contribution in [0.2, 0.25) is 10.0 Å². The standard InChI is InChI=1S/C25H17Cl2N3O5/c26-16-8-10-18(11-9-16)28-22(31)14-35-21-7-2-1-4-15(21)12-20-23(32)29-25(34)30(24(20)33)19-6-3-5-17(27)13-19/h1-13H,14H2,(H,28,31)(H,29,32,34)/b20-12+. The van der Waals surface area contributed by atoms with Gasteiger partial charge >= 0.3 is 6.03 Å². The van der Waals surface area contributed by atoms with Gasteiger partial charge in [0.15, 0.2) is 6.61 Å². The molecule has 0 atom stereocenters. The molecule has 5 amide bonds. The van der Waals surface area contributed by atoms with Gasteiger partial charge in [0.2, 0.25) is 0 Å². The number of hydrogen-bond acceptors (Lipinski definition) is 5. The Morgan fingerprint density at radius 1 is 0.943 bits per heavy atom. The number of benzene rings is 3. The van der Waals surface area contributed by atoms with Gasteiger partial charge in [0.1, 0.15) is 11.3 Å². The Kier molecular flexibility index (Phi) is 7.14. The number of rotatable bonds is 6. The first-order valence-corrected chi connectivity index (χ1v) is 11.0. The van der Waals surface area contributed by atoms with E-state index >= 15 is 0 Å². The molecule has 2 N–H and O–H groups in total. The molecule has 0 aromatic heterocycles. The quantitative estimate of drug-likeness (QED) is 0.370. The van der Waals surface area contributed by atoms with Crippen molar-refractivity contribution in [2.24, 2.45) is 0 Å². The van der Waals surface area contributed by atoms with Crippen molar-refractivity contribution in [1.29, 1.82) is 0 Å². The van der Waals surface area contributed by atoms with Crippen LogP contribution >= 0.6 is 23.2 Å². The number of hydrogen-bond donors (Lipinski definition) is 2. The van der Waals surface area contributed by atoms with E-state index in [0.29, 0.717) is 21.3 Å². The predicted octanol–water partition coefficient (Wildman–Crippen LogP) is 4.68. The topological polar surface area (TPSA) is 105 Å². The van der Waals surface area contributed by atoms with Gasteiger partial charge in [-0.25, -0.2) is 9.69 Å². The predicted molar refractivity (Wildman–Crippen MR) is 132 cm³/mol. The lowest BCUT2D eigenvalue weighted by molar-refractivity contribution is -0.122. The minimum Gasteiger partial charge on any atom is -0.483 e. The van der Waals surface area contributed by atoms with Crippen molar-refractivity contribution in [3.8, 4) is 5.75 Å². The van der Waals surface area contributed by atoms with E-state index in [4.69, 9.17) is 27.9 Å². The molecule has 1 aliphatic rings. The van der Waals surface area contributed by atoms with E-state index in [-0.39, 0.29) is 23.6 Å². The van der Waals surface area contributed by atoms with Crippen LogP contribution in [0.3, 0.4) is 0 Å². The molecular weight excluding hydrogens is 493 g/mol. The number of nitrogens with one attached hydrogen (secondary N) is 2. The SMILES string of the molecule is O=C(COc1ccccc1/C=C1\C(=O)NC(=O)N(c2cccc(Cl)c2)C1=O)Nc1ccc(Cl)cc1. The molecule has 176 valence electrons. The number of anilines is 2. The molecule has 4 rings (SSSR count). The number of nitrogens with zero attached hydrogens (tertiary/aromatic N) is 1. The van der Waals surface area contributed by atoms with Crippen molar-refractivity contribution < 1.29 is 23.9 Å². The average Bonchev–Trinajstić information content (AvgIpc) is 2.82. The Hall–Kier alpha value is -4.14. The minimum absolute atomic E-state index is 0.210. The van der Waals surface area contributed by atoms with Gasteiger partial charge in [-0.2, -0.15) is 0 Å². The summed E-state index contributed by atoms with van der Waals surface area (Å²) in [7, 11) is 0. The Labute approximate surface area is 210 Å². The van der Waals surface area contributed by atoms with Gasteiger partial charge in [0, 0.05) is 21.3 Å². The van der Waals surface area contributed by atoms with Crippen LogP contribution in [-0.4, -0.2) is 30.4 Å². The highest BCUT2D eigenvalue weighted by molar-refractivity contribution is 6.39. The summed E-state index contributed by atoms with van der Waals surface area (Å²) >= 11 is 11.8. The third kappa shape index (κ3) is 5.68. The van der Waals surface area contributed by atoms with Crippen LogP contribution in [0.15, 0.2) is 78.4 Å². The number of para-hydroxylation sites is 1. The van der Waals surface area contributed by atoms with Crippen LogP contribution in [0.1, 0.15) is 5.56 Å². The van der Waals surface area contributed by atoms with Crippen molar-refractivity contribution in [2.45, 2.75) is 0 Å². The fourth-order valence-corrected chi connectivity index (χ4v) is 3.58. The Morgan fingerprint density at radius 2 is 1.69 bits per heavy atom. The van der Waals surface area contributed by atoms with Crippen molar-refractivity contribution in [3.05, 3.63) is 94.0 Å². The van der Waals surface area contributed by atoms with E-state index < -0.39 is 23.8 Å². The number of carbonyl (C=O) groups excluding carboxylic acids is 4. The summed E-state index contributed by atoms with van der Waals surface area (Å²) in [5.41, 5.74) is 0.840. The van der Waals surface area contributed by atoms with Gasteiger partial charge in [-0.05, 0) is 54.6 Å². The number of halogens is 2. The summed E-state index contributed by atoms with van der Waals surface area (Å²) in [5.74, 6) is -1.83. The molecule has 10 heteroatoms. The molecular formula is C25H17Cl2N3O5. The summed E-state index contributed by atoms with van der Waals surface area (Å²) in [4.78, 5) is 51.0. The van der Waals surface area contributed by atoms with E-state index in [1.165, 1.54) is 18.2 Å². The van der Waals surface area contributed by atoms with Crippen molar-refractivity contribution in [3.63, 3.8) is 0 Å². The van der Waals surface area contributed by atoms with Crippen LogP contribution < -0.4 is 20.3 Å². The molecule has 0 saturated carbocycles. The van der Waals surface area contributed by atoms with Gasteiger partial charge in [-0.15, -0.1) is 0 Å². The molecule has 0 unspecified atom stereocenters. The second kappa shape index (κ2) is 10.4. The molecule has 8 nitrogen and oxygen atoms in total. The molecule has 1 saturated heterocycles. The monoisotopic (exact) mass is 509 g/mol. The van der Waals surface area contributed by atoms with E-state index in [0.717, 1.165) is 4.90 Å². The van der Waals surface area contributed by atoms with Gasteiger partial charge in [0.25, 0.3) is 17.7 Å². The molecule has 35 heavy (non-hydrogen) atoms. The highest BCUT2D eigenvalue weighted by atomic mass is 35.5. The molecule has 1 heterocycles. The smallest absolute Gasteiger partial charge is 0.335 e. The van der Waals surface area contributed by atoms with Gasteiger partial charge < -0.3 is 10.1 Å². The van der Waals surface area contributed by atoms with E-state index in [2.05, 4.69) is 10.6 Å². The zero-order valence-corrected chi connectivity index (χ0v) is 19.5. The van der Waals surface area contributed by atoms with Crippen molar-refractivity contribution in [2.75, 3.05) is 16.8 Å². The first-order chi connectivity index (χ1) is 16.8. The number of barbiturate groups is 1. The second-order valence-electron chi connectivity index (χ2n) is 7.32. The van der Waals surface area contributed by atoms with Gasteiger partial charge in [-0.3, -0.25) is 19.7 Å². The van der Waals surface area contributed by atoms with Gasteiger partial charge in [0.05, 0.1) is 5.69 Å². The van der Waals surface area contributed by atoms with E-state index in [1.807, 2.05) is 0 Å². The lowest BCUT2D eigenvalue weighted by Gasteiger charge is -2.26. The highest BCUT2D eigenvalue weighted by Crippen LogP contribution is 2.27. The summed E-state index contributed by atoms with van der Waals surface area (Å²) < 4.78 is 5.63. The average molecular weight is 510 g/mol. The van der Waals surface area contributed by atoms with Crippen LogP contribution in [0.4, 0.5) is 16.2 Å². The van der Waals surface area contributed by atoms with Crippen LogP contribution in [0.25, 0.3) is 6.08 Å². The highest BCUT2D eigenvalue weighted by Gasteiger charge is 2.37. The molecule has 0 spiro atoms. The summed E-state index contributed by atoms with van der Waals surface area (Å²) in [6, 6.07) is 18.4. The van der Waals surface area contributed by atoms with Crippen molar-refractivity contribution >= 4 is 64.4 Å². The number of carbonyl (C=O) groups is 4. The third-order valence-electron chi connectivity index (χ3n) is 4.87. The minimum atomic E-state index is -0.886. The maximum absolute atomic E-state index is 13.1. The Morgan fingerprint density at radius 3 is 2.43 bits per heavy atom.